The number of H-pyrrole nitrogens is 1. The summed E-state index contributed by atoms with van der Waals surface area (Å²) in [6, 6.07) is 4.63. The van der Waals surface area contributed by atoms with Gasteiger partial charge in [-0.15, -0.1) is 0 Å². The third kappa shape index (κ3) is 2.26. The number of rotatable bonds is 2. The van der Waals surface area contributed by atoms with Crippen LogP contribution < -0.4 is 10.6 Å². The summed E-state index contributed by atoms with van der Waals surface area (Å²) < 4.78 is 0. The van der Waals surface area contributed by atoms with Crippen LogP contribution in [0.15, 0.2) is 18.3 Å². The molecule has 102 valence electrons. The summed E-state index contributed by atoms with van der Waals surface area (Å²) >= 11 is 0. The first kappa shape index (κ1) is 12.3. The number of nitrogens with two attached hydrogens (primary N) is 1. The van der Waals surface area contributed by atoms with Gasteiger partial charge in [-0.1, -0.05) is 0 Å². The normalized spacial score (nSPS) is 20.8. The van der Waals surface area contributed by atoms with Gasteiger partial charge in [0.2, 0.25) is 0 Å². The average molecular weight is 259 g/mol. The number of benzene rings is 1. The first-order valence-electron chi connectivity index (χ1n) is 6.79. The molecule has 1 fully saturated rings. The van der Waals surface area contributed by atoms with E-state index in [0.717, 1.165) is 28.8 Å². The molecule has 1 aliphatic rings. The zero-order valence-corrected chi connectivity index (χ0v) is 11.6. The molecule has 0 radical (unpaired) electrons. The molecule has 5 heteroatoms. The van der Waals surface area contributed by atoms with Crippen LogP contribution in [0.2, 0.25) is 0 Å². The molecule has 3 rings (SSSR count). The number of likely N-dealkylation sites (tertiary alicyclic amines) is 1. The highest BCUT2D eigenvalue weighted by Gasteiger charge is 2.22. The Morgan fingerprint density at radius 2 is 2.32 bits per heavy atom. The Labute approximate surface area is 113 Å². The molecule has 5 nitrogen and oxygen atoms in total. The van der Waals surface area contributed by atoms with Gasteiger partial charge in [0, 0.05) is 25.0 Å². The van der Waals surface area contributed by atoms with Crippen molar-refractivity contribution in [2.45, 2.75) is 18.9 Å². The highest BCUT2D eigenvalue weighted by atomic mass is 15.2. The standard InChI is InChI=1S/C14H21N5/c1-18-5-3-4-11(9-18)19(2)14-7-13-10(6-12(14)15)8-16-17-13/h6-8,11H,3-5,9,15H2,1-2H3,(H,16,17). The summed E-state index contributed by atoms with van der Waals surface area (Å²) in [5.41, 5.74) is 9.15. The Kier molecular flexibility index (Phi) is 3.06. The zero-order valence-electron chi connectivity index (χ0n) is 11.6. The molecule has 1 aromatic heterocycles. The summed E-state index contributed by atoms with van der Waals surface area (Å²) in [7, 11) is 4.32. The highest BCUT2D eigenvalue weighted by molar-refractivity contribution is 5.88. The summed E-state index contributed by atoms with van der Waals surface area (Å²) in [5, 5.41) is 8.14. The van der Waals surface area contributed by atoms with Crippen molar-refractivity contribution in [1.82, 2.24) is 15.1 Å². The number of nitrogens with zero attached hydrogens (tertiary/aromatic N) is 3. The lowest BCUT2D eigenvalue weighted by Gasteiger charge is -2.37. The molecule has 0 amide bonds. The van der Waals surface area contributed by atoms with Crippen LogP contribution in [0.3, 0.4) is 0 Å². The first-order chi connectivity index (χ1) is 9.15. The predicted molar refractivity (Wildman–Crippen MR) is 79.4 cm³/mol. The second-order valence-corrected chi connectivity index (χ2v) is 5.54. The fraction of sp³-hybridized carbons (Fsp3) is 0.500. The van der Waals surface area contributed by atoms with E-state index in [2.05, 4.69) is 40.2 Å². The van der Waals surface area contributed by atoms with Gasteiger partial charge < -0.3 is 15.5 Å². The van der Waals surface area contributed by atoms with Crippen molar-refractivity contribution in [3.8, 4) is 0 Å². The van der Waals surface area contributed by atoms with Crippen LogP contribution in [-0.4, -0.2) is 48.3 Å². The molecule has 0 saturated carbocycles. The van der Waals surface area contributed by atoms with Crippen molar-refractivity contribution >= 4 is 22.3 Å². The fourth-order valence-corrected chi connectivity index (χ4v) is 2.96. The minimum absolute atomic E-state index is 0.529. The van der Waals surface area contributed by atoms with Crippen LogP contribution in [-0.2, 0) is 0 Å². The third-order valence-corrected chi connectivity index (χ3v) is 4.11. The summed E-state index contributed by atoms with van der Waals surface area (Å²) in [6.07, 6.45) is 4.28. The minimum atomic E-state index is 0.529. The number of anilines is 2. The molecule has 0 spiro atoms. The quantitative estimate of drug-likeness (QED) is 0.806. The molecular weight excluding hydrogens is 238 g/mol. The summed E-state index contributed by atoms with van der Waals surface area (Å²) in [4.78, 5) is 4.70. The van der Waals surface area contributed by atoms with Gasteiger partial charge in [-0.25, -0.2) is 0 Å². The van der Waals surface area contributed by atoms with E-state index in [1.54, 1.807) is 0 Å². The van der Waals surface area contributed by atoms with Crippen LogP contribution in [0.5, 0.6) is 0 Å². The minimum Gasteiger partial charge on any atom is -0.397 e. The van der Waals surface area contributed by atoms with E-state index >= 15 is 0 Å². The molecule has 0 aliphatic carbocycles. The molecule has 0 bridgehead atoms. The SMILES string of the molecule is CN1CCCC(N(C)c2cc3[nH]ncc3cc2N)C1. The van der Waals surface area contributed by atoms with Crippen molar-refractivity contribution in [3.05, 3.63) is 18.3 Å². The van der Waals surface area contributed by atoms with Gasteiger partial charge in [0.05, 0.1) is 23.1 Å². The molecule has 1 aromatic carbocycles. The van der Waals surface area contributed by atoms with Gasteiger partial charge in [0.1, 0.15) is 0 Å². The number of piperidine rings is 1. The van der Waals surface area contributed by atoms with Crippen molar-refractivity contribution in [3.63, 3.8) is 0 Å². The van der Waals surface area contributed by atoms with Crippen LogP contribution in [0.1, 0.15) is 12.8 Å². The van der Waals surface area contributed by atoms with E-state index in [9.17, 15) is 0 Å². The number of likely N-dealkylation sites (N-methyl/N-ethyl adjacent to an activating group) is 2. The number of hydrogen-bond acceptors (Lipinski definition) is 4. The second kappa shape index (κ2) is 4.74. The number of nitrogen functional groups attached to an aromatic ring is 1. The van der Waals surface area contributed by atoms with Crippen LogP contribution in [0.4, 0.5) is 11.4 Å². The van der Waals surface area contributed by atoms with E-state index < -0.39 is 0 Å². The molecular formula is C14H21N5. The molecule has 3 N–H and O–H groups in total. The van der Waals surface area contributed by atoms with E-state index in [0.29, 0.717) is 6.04 Å². The Morgan fingerprint density at radius 1 is 1.47 bits per heavy atom. The fourth-order valence-electron chi connectivity index (χ4n) is 2.96. The molecule has 19 heavy (non-hydrogen) atoms. The second-order valence-electron chi connectivity index (χ2n) is 5.54. The van der Waals surface area contributed by atoms with Crippen LogP contribution >= 0.6 is 0 Å². The lowest BCUT2D eigenvalue weighted by atomic mass is 10.0. The van der Waals surface area contributed by atoms with Crippen molar-refractivity contribution < 1.29 is 0 Å². The van der Waals surface area contributed by atoms with Crippen molar-refractivity contribution in [1.29, 1.82) is 0 Å². The monoisotopic (exact) mass is 259 g/mol. The Balaban J connectivity index is 1.91. The van der Waals surface area contributed by atoms with E-state index in [-0.39, 0.29) is 0 Å². The number of aromatic amines is 1. The van der Waals surface area contributed by atoms with E-state index in [1.807, 2.05) is 12.3 Å². The summed E-state index contributed by atoms with van der Waals surface area (Å²) in [5.74, 6) is 0. The highest BCUT2D eigenvalue weighted by Crippen LogP contribution is 2.30. The Bertz CT molecular complexity index is 576. The van der Waals surface area contributed by atoms with Crippen molar-refractivity contribution in [2.75, 3.05) is 37.8 Å². The van der Waals surface area contributed by atoms with Gasteiger partial charge in [-0.05, 0) is 38.6 Å². The van der Waals surface area contributed by atoms with Crippen molar-refractivity contribution in [2.24, 2.45) is 0 Å². The van der Waals surface area contributed by atoms with Gasteiger partial charge in [0.25, 0.3) is 0 Å². The number of fused-ring (bicyclic) bond motifs is 1. The first-order valence-corrected chi connectivity index (χ1v) is 6.79. The van der Waals surface area contributed by atoms with E-state index in [1.165, 1.54) is 19.4 Å². The summed E-state index contributed by atoms with van der Waals surface area (Å²) in [6.45, 7) is 2.29. The van der Waals surface area contributed by atoms with Crippen LogP contribution in [0.25, 0.3) is 10.9 Å². The number of nitrogens with one attached hydrogen (secondary N) is 1. The van der Waals surface area contributed by atoms with Gasteiger partial charge in [0.15, 0.2) is 0 Å². The largest absolute Gasteiger partial charge is 0.397 e. The van der Waals surface area contributed by atoms with Gasteiger partial charge >= 0.3 is 0 Å². The van der Waals surface area contributed by atoms with Gasteiger partial charge in [-0.3, -0.25) is 5.10 Å². The molecule has 1 aliphatic heterocycles. The lowest BCUT2D eigenvalue weighted by Crippen LogP contribution is -2.45. The average Bonchev–Trinajstić information content (AvgIpc) is 2.84. The smallest absolute Gasteiger partial charge is 0.0672 e. The third-order valence-electron chi connectivity index (χ3n) is 4.11. The van der Waals surface area contributed by atoms with Gasteiger partial charge in [-0.2, -0.15) is 5.10 Å². The maximum Gasteiger partial charge on any atom is 0.0672 e. The number of aromatic nitrogens is 2. The Hall–Kier alpha value is -1.75. The molecule has 1 atom stereocenters. The molecule has 1 unspecified atom stereocenters. The topological polar surface area (TPSA) is 61.2 Å². The Morgan fingerprint density at radius 3 is 3.11 bits per heavy atom. The zero-order chi connectivity index (χ0) is 13.4. The van der Waals surface area contributed by atoms with E-state index in [4.69, 9.17) is 5.73 Å². The predicted octanol–water partition coefficient (Wildman–Crippen LogP) is 1.68. The van der Waals surface area contributed by atoms with Crippen LogP contribution in [0, 0.1) is 0 Å². The molecule has 1 saturated heterocycles. The molecule has 2 aromatic rings. The molecule has 2 heterocycles. The lowest BCUT2D eigenvalue weighted by molar-refractivity contribution is 0.248. The maximum atomic E-state index is 6.19. The number of hydrogen-bond donors (Lipinski definition) is 2. The maximum absolute atomic E-state index is 6.19.